The topological polar surface area (TPSA) is 75.7 Å². The number of nitroso groups, excluding NO2 is 1. The summed E-state index contributed by atoms with van der Waals surface area (Å²) < 4.78 is 0. The highest BCUT2D eigenvalue weighted by molar-refractivity contribution is 5.87. The predicted octanol–water partition coefficient (Wildman–Crippen LogP) is 5.01. The van der Waals surface area contributed by atoms with Crippen molar-refractivity contribution in [2.45, 2.75) is 6.92 Å². The molecule has 4 nitrogen and oxygen atoms in total. The van der Waals surface area contributed by atoms with Gasteiger partial charge in [-0.15, -0.1) is 4.91 Å². The van der Waals surface area contributed by atoms with Gasteiger partial charge in [-0.05, 0) is 40.9 Å². The molecule has 0 amide bonds. The molecule has 0 spiro atoms. The van der Waals surface area contributed by atoms with E-state index in [-0.39, 0.29) is 17.1 Å². The molecule has 3 aromatic carbocycles. The molecule has 4 heteroatoms. The van der Waals surface area contributed by atoms with Gasteiger partial charge in [0, 0.05) is 5.56 Å². The Kier molecular flexibility index (Phi) is 3.81. The van der Waals surface area contributed by atoms with E-state index in [2.05, 4.69) is 36.4 Å². The molecule has 114 valence electrons. The molecular weight excluding hydrogens is 288 g/mol. The standard InChI is InChI=1S/C19H16N2O2/c1-12-2-4-13(5-3-12)14-6-8-15(9-7-14)16-10-11-17(22)19(21-23)18(16)20/h2-11,22H,20H2,1H3. The number of hydrogen-bond donors (Lipinski definition) is 2. The van der Waals surface area contributed by atoms with E-state index in [9.17, 15) is 10.0 Å². The first kappa shape index (κ1) is 14.8. The van der Waals surface area contributed by atoms with Gasteiger partial charge in [0.05, 0.1) is 5.69 Å². The van der Waals surface area contributed by atoms with Crippen molar-refractivity contribution in [3.63, 3.8) is 0 Å². The van der Waals surface area contributed by atoms with E-state index < -0.39 is 0 Å². The fourth-order valence-electron chi connectivity index (χ4n) is 2.53. The van der Waals surface area contributed by atoms with Gasteiger partial charge in [0.15, 0.2) is 5.69 Å². The van der Waals surface area contributed by atoms with Gasteiger partial charge in [-0.3, -0.25) is 0 Å². The van der Waals surface area contributed by atoms with Crippen LogP contribution in [0.25, 0.3) is 22.3 Å². The van der Waals surface area contributed by atoms with Crippen molar-refractivity contribution in [3.8, 4) is 28.0 Å². The maximum atomic E-state index is 10.8. The highest BCUT2D eigenvalue weighted by Crippen LogP contribution is 2.40. The molecule has 0 aliphatic heterocycles. The van der Waals surface area contributed by atoms with Gasteiger partial charge >= 0.3 is 0 Å². The number of rotatable bonds is 3. The van der Waals surface area contributed by atoms with Crippen LogP contribution >= 0.6 is 0 Å². The number of benzene rings is 3. The van der Waals surface area contributed by atoms with Gasteiger partial charge in [-0.25, -0.2) is 0 Å². The summed E-state index contributed by atoms with van der Waals surface area (Å²) in [7, 11) is 0. The smallest absolute Gasteiger partial charge is 0.173 e. The van der Waals surface area contributed by atoms with Crippen molar-refractivity contribution in [1.82, 2.24) is 0 Å². The Hall–Kier alpha value is -3.14. The fourth-order valence-corrected chi connectivity index (χ4v) is 2.53. The zero-order valence-electron chi connectivity index (χ0n) is 12.7. The highest BCUT2D eigenvalue weighted by atomic mass is 16.3. The molecule has 3 aromatic rings. The van der Waals surface area contributed by atoms with Crippen molar-refractivity contribution in [2.75, 3.05) is 5.73 Å². The van der Waals surface area contributed by atoms with E-state index in [1.54, 1.807) is 6.07 Å². The van der Waals surface area contributed by atoms with E-state index >= 15 is 0 Å². The van der Waals surface area contributed by atoms with Crippen LogP contribution in [-0.4, -0.2) is 5.11 Å². The van der Waals surface area contributed by atoms with Crippen LogP contribution in [0, 0.1) is 11.8 Å². The van der Waals surface area contributed by atoms with E-state index in [0.717, 1.165) is 16.7 Å². The summed E-state index contributed by atoms with van der Waals surface area (Å²) in [6.45, 7) is 2.05. The third-order valence-corrected chi connectivity index (χ3v) is 3.87. The largest absolute Gasteiger partial charge is 0.505 e. The lowest BCUT2D eigenvalue weighted by Crippen LogP contribution is -1.91. The third-order valence-electron chi connectivity index (χ3n) is 3.87. The monoisotopic (exact) mass is 304 g/mol. The van der Waals surface area contributed by atoms with Crippen LogP contribution in [0.1, 0.15) is 5.56 Å². The molecule has 0 radical (unpaired) electrons. The van der Waals surface area contributed by atoms with Crippen LogP contribution in [-0.2, 0) is 0 Å². The number of anilines is 1. The SMILES string of the molecule is Cc1ccc(-c2ccc(-c3ccc(O)c(N=O)c3N)cc2)cc1. The Morgan fingerprint density at radius 3 is 1.91 bits per heavy atom. The second-order valence-electron chi connectivity index (χ2n) is 5.43. The van der Waals surface area contributed by atoms with Crippen molar-refractivity contribution < 1.29 is 5.11 Å². The Morgan fingerprint density at radius 2 is 1.35 bits per heavy atom. The van der Waals surface area contributed by atoms with Crippen molar-refractivity contribution in [2.24, 2.45) is 5.18 Å². The van der Waals surface area contributed by atoms with Gasteiger partial charge in [-0.1, -0.05) is 54.1 Å². The van der Waals surface area contributed by atoms with Crippen LogP contribution in [0.4, 0.5) is 11.4 Å². The Morgan fingerprint density at radius 1 is 0.826 bits per heavy atom. The average molecular weight is 304 g/mol. The average Bonchev–Trinajstić information content (AvgIpc) is 2.56. The fraction of sp³-hybridized carbons (Fsp3) is 0.0526. The third kappa shape index (κ3) is 2.79. The quantitative estimate of drug-likeness (QED) is 0.527. The summed E-state index contributed by atoms with van der Waals surface area (Å²) in [5.41, 5.74) is 11.0. The molecule has 0 unspecified atom stereocenters. The number of nitrogens with two attached hydrogens (primary N) is 1. The summed E-state index contributed by atoms with van der Waals surface area (Å²) in [5.74, 6) is -0.211. The maximum Gasteiger partial charge on any atom is 0.173 e. The molecule has 0 aliphatic carbocycles. The molecule has 0 atom stereocenters. The summed E-state index contributed by atoms with van der Waals surface area (Å²) in [6.07, 6.45) is 0. The number of nitrogen functional groups attached to an aromatic ring is 1. The summed E-state index contributed by atoms with van der Waals surface area (Å²) in [4.78, 5) is 10.8. The number of hydrogen-bond acceptors (Lipinski definition) is 4. The van der Waals surface area contributed by atoms with E-state index in [1.807, 2.05) is 24.3 Å². The van der Waals surface area contributed by atoms with E-state index in [4.69, 9.17) is 5.73 Å². The van der Waals surface area contributed by atoms with Gasteiger partial charge in [0.25, 0.3) is 0 Å². The van der Waals surface area contributed by atoms with Crippen molar-refractivity contribution >= 4 is 11.4 Å². The molecule has 23 heavy (non-hydrogen) atoms. The Balaban J connectivity index is 2.00. The molecule has 0 aliphatic rings. The molecule has 3 N–H and O–H groups in total. The minimum absolute atomic E-state index is 0.120. The zero-order valence-corrected chi connectivity index (χ0v) is 12.7. The Labute approximate surface area is 134 Å². The van der Waals surface area contributed by atoms with Crippen LogP contribution in [0.5, 0.6) is 5.75 Å². The Bertz CT molecular complexity index is 854. The summed E-state index contributed by atoms with van der Waals surface area (Å²) >= 11 is 0. The second kappa shape index (κ2) is 5.93. The highest BCUT2D eigenvalue weighted by Gasteiger charge is 2.12. The van der Waals surface area contributed by atoms with Crippen molar-refractivity contribution in [3.05, 3.63) is 71.1 Å². The number of phenols is 1. The molecule has 0 heterocycles. The number of phenolic OH excluding ortho intramolecular Hbond substituents is 1. The lowest BCUT2D eigenvalue weighted by Gasteiger charge is -2.10. The second-order valence-corrected chi connectivity index (χ2v) is 5.43. The zero-order chi connectivity index (χ0) is 16.4. The van der Waals surface area contributed by atoms with Gasteiger partial charge in [-0.2, -0.15) is 0 Å². The maximum absolute atomic E-state index is 10.8. The lowest BCUT2D eigenvalue weighted by molar-refractivity contribution is 0.477. The number of nitrogens with zero attached hydrogens (tertiary/aromatic N) is 1. The molecule has 0 fully saturated rings. The molecule has 0 saturated heterocycles. The first-order valence-electron chi connectivity index (χ1n) is 7.22. The minimum Gasteiger partial charge on any atom is -0.505 e. The van der Waals surface area contributed by atoms with Gasteiger partial charge in [0.2, 0.25) is 0 Å². The minimum atomic E-state index is -0.211. The number of aromatic hydroxyl groups is 1. The summed E-state index contributed by atoms with van der Waals surface area (Å²) in [5, 5.41) is 12.4. The van der Waals surface area contributed by atoms with E-state index in [0.29, 0.717) is 5.56 Å². The van der Waals surface area contributed by atoms with E-state index in [1.165, 1.54) is 11.6 Å². The van der Waals surface area contributed by atoms with Crippen LogP contribution in [0.15, 0.2) is 65.8 Å². The predicted molar refractivity (Wildman–Crippen MR) is 93.6 cm³/mol. The van der Waals surface area contributed by atoms with Crippen LogP contribution in [0.2, 0.25) is 0 Å². The van der Waals surface area contributed by atoms with Crippen molar-refractivity contribution in [1.29, 1.82) is 0 Å². The molecule has 3 rings (SSSR count). The van der Waals surface area contributed by atoms with Gasteiger partial charge in [0.1, 0.15) is 5.75 Å². The summed E-state index contributed by atoms with van der Waals surface area (Å²) in [6, 6.07) is 19.3. The van der Waals surface area contributed by atoms with Crippen LogP contribution in [0.3, 0.4) is 0 Å². The molecular formula is C19H16N2O2. The molecule has 0 saturated carbocycles. The lowest BCUT2D eigenvalue weighted by atomic mass is 9.98. The van der Waals surface area contributed by atoms with Gasteiger partial charge < -0.3 is 10.8 Å². The molecule has 0 aromatic heterocycles. The normalized spacial score (nSPS) is 10.5. The number of aryl methyl sites for hydroxylation is 1. The first-order chi connectivity index (χ1) is 11.1. The molecule has 0 bridgehead atoms. The first-order valence-corrected chi connectivity index (χ1v) is 7.22. The van der Waals surface area contributed by atoms with Crippen LogP contribution < -0.4 is 5.73 Å².